The van der Waals surface area contributed by atoms with Gasteiger partial charge in [-0.05, 0) is 17.7 Å². The molecule has 0 aliphatic carbocycles. The van der Waals surface area contributed by atoms with E-state index in [0.717, 1.165) is 17.1 Å². The summed E-state index contributed by atoms with van der Waals surface area (Å²) in [7, 11) is 3.29. The monoisotopic (exact) mass is 237 g/mol. The predicted octanol–water partition coefficient (Wildman–Crippen LogP) is 0.746. The molecule has 94 valence electrons. The molecule has 17 heavy (non-hydrogen) atoms. The Hall–Kier alpha value is -1.59. The Morgan fingerprint density at radius 3 is 2.53 bits per heavy atom. The number of methoxy groups -OCH3 is 2. The molecule has 3 N–H and O–H groups in total. The van der Waals surface area contributed by atoms with Crippen LogP contribution in [0.1, 0.15) is 5.56 Å². The highest BCUT2D eigenvalue weighted by Crippen LogP contribution is 2.11. The number of rotatable bonds is 6. The molecule has 0 saturated heterocycles. The van der Waals surface area contributed by atoms with Crippen LogP contribution in [0.25, 0.3) is 0 Å². The molecule has 0 spiro atoms. The van der Waals surface area contributed by atoms with Gasteiger partial charge in [-0.3, -0.25) is 4.99 Å². The van der Waals surface area contributed by atoms with Crippen molar-refractivity contribution in [1.29, 1.82) is 0 Å². The third-order valence-electron chi connectivity index (χ3n) is 2.30. The Labute approximate surface area is 102 Å². The van der Waals surface area contributed by atoms with E-state index in [9.17, 15) is 0 Å². The third-order valence-corrected chi connectivity index (χ3v) is 2.30. The summed E-state index contributed by atoms with van der Waals surface area (Å²) in [6.45, 7) is 1.19. The average Bonchev–Trinajstić information content (AvgIpc) is 2.38. The maximum Gasteiger partial charge on any atom is 0.118 e. The largest absolute Gasteiger partial charge is 0.497 e. The van der Waals surface area contributed by atoms with Crippen LogP contribution in [0.4, 0.5) is 0 Å². The van der Waals surface area contributed by atoms with Crippen LogP contribution in [0.2, 0.25) is 0 Å². The Bertz CT molecular complexity index is 349. The van der Waals surface area contributed by atoms with Crippen molar-refractivity contribution in [2.75, 3.05) is 27.4 Å². The number of nitrogens with zero attached hydrogens (tertiary/aromatic N) is 1. The number of nitrogens with one attached hydrogen (secondary N) is 1. The van der Waals surface area contributed by atoms with Crippen molar-refractivity contribution in [3.05, 3.63) is 29.8 Å². The molecule has 0 amide bonds. The second-order valence-corrected chi connectivity index (χ2v) is 3.49. The Morgan fingerprint density at radius 2 is 2.00 bits per heavy atom. The first kappa shape index (κ1) is 13.5. The number of hydrogen-bond donors (Lipinski definition) is 2. The van der Waals surface area contributed by atoms with E-state index in [0.29, 0.717) is 19.6 Å². The van der Waals surface area contributed by atoms with Crippen LogP contribution in [0.15, 0.2) is 29.3 Å². The van der Waals surface area contributed by atoms with Gasteiger partial charge >= 0.3 is 0 Å². The Balaban J connectivity index is 2.57. The minimum atomic E-state index is 0.591. The van der Waals surface area contributed by atoms with Crippen LogP contribution in [-0.2, 0) is 11.2 Å². The summed E-state index contributed by atoms with van der Waals surface area (Å²) in [5.74, 6) is 7.00. The lowest BCUT2D eigenvalue weighted by Gasteiger charge is -2.07. The molecule has 0 fully saturated rings. The Kier molecular flexibility index (Phi) is 6.06. The summed E-state index contributed by atoms with van der Waals surface area (Å²) in [6.07, 6.45) is 0.671. The molecular weight excluding hydrogens is 218 g/mol. The third kappa shape index (κ3) is 4.84. The highest BCUT2D eigenvalue weighted by molar-refractivity contribution is 5.83. The topological polar surface area (TPSA) is 68.9 Å². The highest BCUT2D eigenvalue weighted by atomic mass is 16.5. The summed E-state index contributed by atoms with van der Waals surface area (Å²) < 4.78 is 10.0. The van der Waals surface area contributed by atoms with Crippen LogP contribution in [0, 0.1) is 0 Å². The van der Waals surface area contributed by atoms with Crippen molar-refractivity contribution < 1.29 is 9.47 Å². The number of hydrogen-bond acceptors (Lipinski definition) is 4. The predicted molar refractivity (Wildman–Crippen MR) is 68.2 cm³/mol. The first-order chi connectivity index (χ1) is 8.30. The van der Waals surface area contributed by atoms with Gasteiger partial charge in [-0.15, -0.1) is 0 Å². The summed E-state index contributed by atoms with van der Waals surface area (Å²) in [6, 6.07) is 7.81. The Morgan fingerprint density at radius 1 is 1.29 bits per heavy atom. The molecule has 0 atom stereocenters. The fourth-order valence-corrected chi connectivity index (χ4v) is 1.36. The van der Waals surface area contributed by atoms with Gasteiger partial charge in [0.05, 0.1) is 20.3 Å². The standard InChI is InChI=1S/C12H19N3O2/c1-16-8-7-14-12(15-13)9-10-3-5-11(17-2)6-4-10/h3-6H,7-9,13H2,1-2H3,(H,14,15). The van der Waals surface area contributed by atoms with Crippen LogP contribution in [0.3, 0.4) is 0 Å². The molecule has 1 aromatic carbocycles. The number of ether oxygens (including phenoxy) is 2. The van der Waals surface area contributed by atoms with Crippen LogP contribution < -0.4 is 16.0 Å². The highest BCUT2D eigenvalue weighted by Gasteiger charge is 2.00. The van der Waals surface area contributed by atoms with Gasteiger partial charge in [0.15, 0.2) is 0 Å². The SMILES string of the molecule is COCCN=C(Cc1ccc(OC)cc1)NN. The molecule has 5 nitrogen and oxygen atoms in total. The van der Waals surface area contributed by atoms with Crippen molar-refractivity contribution in [2.24, 2.45) is 10.8 Å². The summed E-state index contributed by atoms with van der Waals surface area (Å²) in [4.78, 5) is 4.29. The van der Waals surface area contributed by atoms with Gasteiger partial charge in [0, 0.05) is 13.5 Å². The quantitative estimate of drug-likeness (QED) is 0.252. The van der Waals surface area contributed by atoms with Gasteiger partial charge in [-0.2, -0.15) is 0 Å². The zero-order chi connectivity index (χ0) is 12.5. The number of amidine groups is 1. The maximum atomic E-state index is 5.41. The molecule has 1 rings (SSSR count). The van der Waals surface area contributed by atoms with E-state index in [1.807, 2.05) is 24.3 Å². The normalized spacial score (nSPS) is 11.4. The zero-order valence-corrected chi connectivity index (χ0v) is 10.3. The van der Waals surface area contributed by atoms with Gasteiger partial charge in [-0.25, -0.2) is 5.84 Å². The maximum absolute atomic E-state index is 5.41. The summed E-state index contributed by atoms with van der Waals surface area (Å²) in [5.41, 5.74) is 3.73. The molecule has 0 aliphatic rings. The second kappa shape index (κ2) is 7.65. The van der Waals surface area contributed by atoms with E-state index in [1.165, 1.54) is 0 Å². The second-order valence-electron chi connectivity index (χ2n) is 3.49. The number of hydrazine groups is 1. The van der Waals surface area contributed by atoms with Gasteiger partial charge in [-0.1, -0.05) is 12.1 Å². The van der Waals surface area contributed by atoms with Crippen LogP contribution in [-0.4, -0.2) is 33.2 Å². The molecule has 0 aromatic heterocycles. The fourth-order valence-electron chi connectivity index (χ4n) is 1.36. The van der Waals surface area contributed by atoms with Crippen molar-refractivity contribution in [3.63, 3.8) is 0 Å². The number of aliphatic imine (C=N–C) groups is 1. The molecule has 0 aliphatic heterocycles. The van der Waals surface area contributed by atoms with Crippen molar-refractivity contribution in [1.82, 2.24) is 5.43 Å². The zero-order valence-electron chi connectivity index (χ0n) is 10.3. The minimum Gasteiger partial charge on any atom is -0.497 e. The van der Waals surface area contributed by atoms with Crippen molar-refractivity contribution >= 4 is 5.84 Å². The lowest BCUT2D eigenvalue weighted by Crippen LogP contribution is -2.32. The van der Waals surface area contributed by atoms with E-state index in [4.69, 9.17) is 15.3 Å². The molecule has 0 unspecified atom stereocenters. The van der Waals surface area contributed by atoms with Gasteiger partial charge in [0.1, 0.15) is 11.6 Å². The smallest absolute Gasteiger partial charge is 0.118 e. The van der Waals surface area contributed by atoms with E-state index in [1.54, 1.807) is 14.2 Å². The van der Waals surface area contributed by atoms with Crippen LogP contribution >= 0.6 is 0 Å². The molecule has 0 radical (unpaired) electrons. The van der Waals surface area contributed by atoms with E-state index >= 15 is 0 Å². The average molecular weight is 237 g/mol. The van der Waals surface area contributed by atoms with Crippen LogP contribution in [0.5, 0.6) is 5.75 Å². The molecule has 0 bridgehead atoms. The van der Waals surface area contributed by atoms with E-state index in [-0.39, 0.29) is 0 Å². The van der Waals surface area contributed by atoms with Gasteiger partial charge in [0.25, 0.3) is 0 Å². The molecule has 1 aromatic rings. The molecule has 0 saturated carbocycles. The first-order valence-corrected chi connectivity index (χ1v) is 5.42. The lowest BCUT2D eigenvalue weighted by atomic mass is 10.1. The van der Waals surface area contributed by atoms with Crippen molar-refractivity contribution in [3.8, 4) is 5.75 Å². The molecule has 5 heteroatoms. The van der Waals surface area contributed by atoms with Crippen molar-refractivity contribution in [2.45, 2.75) is 6.42 Å². The van der Waals surface area contributed by atoms with E-state index < -0.39 is 0 Å². The van der Waals surface area contributed by atoms with Gasteiger partial charge in [0.2, 0.25) is 0 Å². The summed E-state index contributed by atoms with van der Waals surface area (Å²) >= 11 is 0. The lowest BCUT2D eigenvalue weighted by molar-refractivity contribution is 0.208. The number of benzene rings is 1. The van der Waals surface area contributed by atoms with E-state index in [2.05, 4.69) is 10.4 Å². The fraction of sp³-hybridized carbons (Fsp3) is 0.417. The number of nitrogens with two attached hydrogens (primary N) is 1. The van der Waals surface area contributed by atoms with Gasteiger partial charge < -0.3 is 14.9 Å². The molecular formula is C12H19N3O2. The summed E-state index contributed by atoms with van der Waals surface area (Å²) in [5, 5.41) is 0. The first-order valence-electron chi connectivity index (χ1n) is 5.42. The minimum absolute atomic E-state index is 0.591. The molecule has 0 heterocycles.